The van der Waals surface area contributed by atoms with Crippen LogP contribution in [0.2, 0.25) is 0 Å². The molecule has 0 amide bonds. The standard InChI is InChI=1S/C5H12N2O/c1-3-4(2)5(6)8-7/h3,5H,6-7H2,1-2H3/b4-3+. The second-order valence-corrected chi connectivity index (χ2v) is 1.59. The van der Waals surface area contributed by atoms with Crippen LogP contribution in [0, 0.1) is 0 Å². The lowest BCUT2D eigenvalue weighted by Gasteiger charge is -2.06. The van der Waals surface area contributed by atoms with Gasteiger partial charge in [0.05, 0.1) is 0 Å². The van der Waals surface area contributed by atoms with E-state index in [1.807, 2.05) is 19.9 Å². The van der Waals surface area contributed by atoms with E-state index in [1.165, 1.54) is 0 Å². The number of allylic oxidation sites excluding steroid dienone is 1. The smallest absolute Gasteiger partial charge is 0.148 e. The van der Waals surface area contributed by atoms with Gasteiger partial charge in [0.25, 0.3) is 0 Å². The molecule has 8 heavy (non-hydrogen) atoms. The van der Waals surface area contributed by atoms with Crippen LogP contribution in [0.1, 0.15) is 13.8 Å². The summed E-state index contributed by atoms with van der Waals surface area (Å²) in [4.78, 5) is 4.31. The molecule has 48 valence electrons. The Bertz CT molecular complexity index is 90.4. The molecule has 0 saturated heterocycles. The van der Waals surface area contributed by atoms with E-state index in [-0.39, 0.29) is 0 Å². The highest BCUT2D eigenvalue weighted by atomic mass is 16.6. The zero-order chi connectivity index (χ0) is 6.57. The summed E-state index contributed by atoms with van der Waals surface area (Å²) >= 11 is 0. The maximum Gasteiger partial charge on any atom is 0.148 e. The Hall–Kier alpha value is -0.380. The molecule has 0 rings (SSSR count). The lowest BCUT2D eigenvalue weighted by Crippen LogP contribution is -2.27. The quantitative estimate of drug-likeness (QED) is 0.306. The maximum absolute atomic E-state index is 5.31. The van der Waals surface area contributed by atoms with Crippen molar-refractivity contribution in [2.45, 2.75) is 20.1 Å². The predicted molar refractivity (Wildman–Crippen MR) is 32.7 cm³/mol. The van der Waals surface area contributed by atoms with E-state index in [0.717, 1.165) is 5.57 Å². The van der Waals surface area contributed by atoms with Gasteiger partial charge >= 0.3 is 0 Å². The summed E-state index contributed by atoms with van der Waals surface area (Å²) in [6.07, 6.45) is 1.41. The molecule has 0 fully saturated rings. The van der Waals surface area contributed by atoms with Crippen LogP contribution in [0.4, 0.5) is 0 Å². The molecular weight excluding hydrogens is 104 g/mol. The third-order valence-electron chi connectivity index (χ3n) is 1.05. The van der Waals surface area contributed by atoms with Gasteiger partial charge in [-0.1, -0.05) is 6.08 Å². The highest BCUT2D eigenvalue weighted by Crippen LogP contribution is 1.95. The largest absolute Gasteiger partial charge is 0.301 e. The zero-order valence-electron chi connectivity index (χ0n) is 5.22. The molecule has 0 aliphatic carbocycles. The summed E-state index contributed by atoms with van der Waals surface area (Å²) in [7, 11) is 0. The Balaban J connectivity index is 3.63. The van der Waals surface area contributed by atoms with E-state index < -0.39 is 6.23 Å². The number of hydrogen-bond acceptors (Lipinski definition) is 3. The summed E-state index contributed by atoms with van der Waals surface area (Å²) < 4.78 is 0. The predicted octanol–water partition coefficient (Wildman–Crippen LogP) is 0.128. The Morgan fingerprint density at radius 1 is 1.75 bits per heavy atom. The van der Waals surface area contributed by atoms with E-state index in [0.29, 0.717) is 0 Å². The molecule has 3 nitrogen and oxygen atoms in total. The highest BCUT2D eigenvalue weighted by Gasteiger charge is 1.98. The molecule has 0 aromatic carbocycles. The van der Waals surface area contributed by atoms with E-state index in [4.69, 9.17) is 11.6 Å². The fourth-order valence-corrected chi connectivity index (χ4v) is 0.272. The third-order valence-corrected chi connectivity index (χ3v) is 1.05. The minimum atomic E-state index is -0.444. The van der Waals surface area contributed by atoms with E-state index >= 15 is 0 Å². The van der Waals surface area contributed by atoms with Crippen molar-refractivity contribution >= 4 is 0 Å². The van der Waals surface area contributed by atoms with E-state index in [9.17, 15) is 0 Å². The van der Waals surface area contributed by atoms with Crippen molar-refractivity contribution in [1.29, 1.82) is 0 Å². The van der Waals surface area contributed by atoms with Gasteiger partial charge in [-0.2, -0.15) is 0 Å². The second-order valence-electron chi connectivity index (χ2n) is 1.59. The average molecular weight is 116 g/mol. The lowest BCUT2D eigenvalue weighted by molar-refractivity contribution is 0.0831. The molecule has 0 radical (unpaired) electrons. The van der Waals surface area contributed by atoms with Gasteiger partial charge in [0.15, 0.2) is 0 Å². The van der Waals surface area contributed by atoms with E-state index in [2.05, 4.69) is 4.84 Å². The molecule has 0 aliphatic heterocycles. The molecule has 4 N–H and O–H groups in total. The van der Waals surface area contributed by atoms with Crippen LogP contribution >= 0.6 is 0 Å². The normalized spacial score (nSPS) is 16.2. The van der Waals surface area contributed by atoms with Gasteiger partial charge in [-0.05, 0) is 19.4 Å². The van der Waals surface area contributed by atoms with Crippen molar-refractivity contribution in [1.82, 2.24) is 0 Å². The molecule has 1 atom stereocenters. The first-order chi connectivity index (χ1) is 3.72. The molecule has 3 heteroatoms. The zero-order valence-corrected chi connectivity index (χ0v) is 5.22. The molecule has 0 aliphatic rings. The van der Waals surface area contributed by atoms with Gasteiger partial charge < -0.3 is 5.73 Å². The van der Waals surface area contributed by atoms with Crippen molar-refractivity contribution in [3.63, 3.8) is 0 Å². The highest BCUT2D eigenvalue weighted by molar-refractivity contribution is 5.00. The molecule has 0 aromatic rings. The lowest BCUT2D eigenvalue weighted by atomic mass is 10.3. The molecule has 0 aromatic heterocycles. The minimum absolute atomic E-state index is 0.444. The van der Waals surface area contributed by atoms with Crippen molar-refractivity contribution in [3.05, 3.63) is 11.6 Å². The van der Waals surface area contributed by atoms with Crippen LogP contribution in [-0.2, 0) is 4.84 Å². The molecule has 0 saturated carbocycles. The first-order valence-corrected chi connectivity index (χ1v) is 2.46. The average Bonchev–Trinajstić information content (AvgIpc) is 1.84. The molecule has 1 unspecified atom stereocenters. The molecule has 0 heterocycles. The number of hydrogen-bond donors (Lipinski definition) is 2. The Morgan fingerprint density at radius 3 is 2.38 bits per heavy atom. The van der Waals surface area contributed by atoms with Gasteiger partial charge in [0.2, 0.25) is 0 Å². The molecular formula is C5H12N2O. The van der Waals surface area contributed by atoms with Crippen molar-refractivity contribution in [3.8, 4) is 0 Å². The van der Waals surface area contributed by atoms with Crippen molar-refractivity contribution < 1.29 is 4.84 Å². The molecule has 0 bridgehead atoms. The second kappa shape index (κ2) is 3.60. The van der Waals surface area contributed by atoms with Crippen LogP contribution in [0.3, 0.4) is 0 Å². The van der Waals surface area contributed by atoms with Crippen LogP contribution in [0.25, 0.3) is 0 Å². The van der Waals surface area contributed by atoms with Crippen LogP contribution in [0.5, 0.6) is 0 Å². The maximum atomic E-state index is 5.31. The summed E-state index contributed by atoms with van der Waals surface area (Å²) in [6, 6.07) is 0. The first kappa shape index (κ1) is 7.62. The summed E-state index contributed by atoms with van der Waals surface area (Å²) in [6.45, 7) is 3.74. The Labute approximate surface area is 49.3 Å². The van der Waals surface area contributed by atoms with Crippen LogP contribution < -0.4 is 11.6 Å². The van der Waals surface area contributed by atoms with Gasteiger partial charge in [-0.3, -0.25) is 4.84 Å². The Morgan fingerprint density at radius 2 is 2.25 bits per heavy atom. The number of rotatable bonds is 2. The van der Waals surface area contributed by atoms with Gasteiger partial charge in [-0.15, -0.1) is 0 Å². The van der Waals surface area contributed by atoms with Gasteiger partial charge in [0, 0.05) is 0 Å². The number of nitrogens with two attached hydrogens (primary N) is 2. The topological polar surface area (TPSA) is 61.3 Å². The molecule has 0 spiro atoms. The van der Waals surface area contributed by atoms with E-state index in [1.54, 1.807) is 0 Å². The summed E-state index contributed by atoms with van der Waals surface area (Å²) in [5, 5.41) is 0. The fourth-order valence-electron chi connectivity index (χ4n) is 0.272. The minimum Gasteiger partial charge on any atom is -0.301 e. The van der Waals surface area contributed by atoms with Crippen molar-refractivity contribution in [2.75, 3.05) is 0 Å². The summed E-state index contributed by atoms with van der Waals surface area (Å²) in [5.41, 5.74) is 6.25. The first-order valence-electron chi connectivity index (χ1n) is 2.46. The van der Waals surface area contributed by atoms with Gasteiger partial charge in [0.1, 0.15) is 6.23 Å². The van der Waals surface area contributed by atoms with Crippen LogP contribution in [0.15, 0.2) is 11.6 Å². The van der Waals surface area contributed by atoms with Crippen LogP contribution in [-0.4, -0.2) is 6.23 Å². The van der Waals surface area contributed by atoms with Gasteiger partial charge in [-0.25, -0.2) is 5.90 Å². The Kier molecular flexibility index (Phi) is 3.43. The fraction of sp³-hybridized carbons (Fsp3) is 0.600. The third kappa shape index (κ3) is 2.07. The SMILES string of the molecule is C/C=C(\C)C(N)ON. The monoisotopic (exact) mass is 116 g/mol. The summed E-state index contributed by atoms with van der Waals surface area (Å²) in [5.74, 6) is 4.78. The van der Waals surface area contributed by atoms with Crippen molar-refractivity contribution in [2.24, 2.45) is 11.6 Å².